The number of nitrogens with zero attached hydrogens (tertiary/aromatic N) is 1. The number of carbonyl (C=O) groups excluding carboxylic acids is 2. The molecule has 0 spiro atoms. The van der Waals surface area contributed by atoms with Crippen LogP contribution in [0.15, 0.2) is 36.4 Å². The molecule has 0 saturated heterocycles. The third kappa shape index (κ3) is 3.94. The lowest BCUT2D eigenvalue weighted by atomic mass is 10.1. The van der Waals surface area contributed by atoms with E-state index in [1.165, 1.54) is 25.1 Å². The molecule has 0 N–H and O–H groups in total. The van der Waals surface area contributed by atoms with Crippen molar-refractivity contribution >= 4 is 29.0 Å². The van der Waals surface area contributed by atoms with Gasteiger partial charge in [-0.05, 0) is 25.1 Å². The van der Waals surface area contributed by atoms with E-state index in [4.69, 9.17) is 16.3 Å². The molecule has 0 aliphatic rings. The van der Waals surface area contributed by atoms with Gasteiger partial charge in [0.2, 0.25) is 5.78 Å². The number of ketones is 1. The molecule has 24 heavy (non-hydrogen) atoms. The van der Waals surface area contributed by atoms with Crippen molar-refractivity contribution in [2.45, 2.75) is 6.92 Å². The number of Topliss-reactive ketones (excluding diaryl/α,β-unsaturated/α-hetero) is 1. The first kappa shape index (κ1) is 17.6. The first-order valence-electron chi connectivity index (χ1n) is 6.70. The summed E-state index contributed by atoms with van der Waals surface area (Å²) in [4.78, 5) is 34.1. The molecule has 0 atom stereocenters. The summed E-state index contributed by atoms with van der Waals surface area (Å²) < 4.78 is 18.3. The zero-order valence-electron chi connectivity index (χ0n) is 12.4. The highest BCUT2D eigenvalue weighted by molar-refractivity contribution is 6.30. The second kappa shape index (κ2) is 7.18. The lowest BCUT2D eigenvalue weighted by molar-refractivity contribution is -0.385. The molecule has 2 rings (SSSR count). The van der Waals surface area contributed by atoms with Gasteiger partial charge in [-0.1, -0.05) is 23.7 Å². The maximum absolute atomic E-state index is 13.5. The van der Waals surface area contributed by atoms with Gasteiger partial charge in [-0.2, -0.15) is 0 Å². The highest BCUT2D eigenvalue weighted by Crippen LogP contribution is 2.20. The summed E-state index contributed by atoms with van der Waals surface area (Å²) >= 11 is 5.68. The number of esters is 1. The third-order valence-electron chi connectivity index (χ3n) is 3.21. The molecule has 0 bridgehead atoms. The minimum Gasteiger partial charge on any atom is -0.454 e. The number of nitro benzene ring substituents is 1. The predicted octanol–water partition coefficient (Wildman–Crippen LogP) is 3.74. The van der Waals surface area contributed by atoms with E-state index in [2.05, 4.69) is 0 Å². The van der Waals surface area contributed by atoms with Crippen molar-refractivity contribution in [1.29, 1.82) is 0 Å². The molecular weight excluding hydrogens is 341 g/mol. The number of halogens is 2. The van der Waals surface area contributed by atoms with Crippen LogP contribution in [0.4, 0.5) is 10.1 Å². The molecule has 0 amide bonds. The van der Waals surface area contributed by atoms with Crippen LogP contribution in [0.2, 0.25) is 5.02 Å². The van der Waals surface area contributed by atoms with Crippen LogP contribution in [0.1, 0.15) is 26.3 Å². The van der Waals surface area contributed by atoms with Gasteiger partial charge in [0.15, 0.2) is 6.61 Å². The van der Waals surface area contributed by atoms with Gasteiger partial charge in [0.05, 0.1) is 10.5 Å². The molecule has 8 heteroatoms. The van der Waals surface area contributed by atoms with E-state index in [1.54, 1.807) is 0 Å². The van der Waals surface area contributed by atoms with Crippen molar-refractivity contribution in [3.8, 4) is 0 Å². The lowest BCUT2D eigenvalue weighted by Crippen LogP contribution is -2.15. The second-order valence-corrected chi connectivity index (χ2v) is 5.32. The van der Waals surface area contributed by atoms with Crippen molar-refractivity contribution in [1.82, 2.24) is 0 Å². The zero-order valence-corrected chi connectivity index (χ0v) is 13.2. The topological polar surface area (TPSA) is 86.5 Å². The van der Waals surface area contributed by atoms with E-state index >= 15 is 0 Å². The number of aryl methyl sites for hydroxylation is 1. The van der Waals surface area contributed by atoms with Crippen LogP contribution in [0.25, 0.3) is 0 Å². The molecule has 2 aromatic carbocycles. The molecule has 0 fully saturated rings. The van der Waals surface area contributed by atoms with Crippen molar-refractivity contribution in [3.05, 3.63) is 74.0 Å². The van der Waals surface area contributed by atoms with Crippen molar-refractivity contribution in [2.75, 3.05) is 6.61 Å². The molecule has 0 aromatic heterocycles. The third-order valence-corrected chi connectivity index (χ3v) is 3.45. The van der Waals surface area contributed by atoms with E-state index in [9.17, 15) is 24.1 Å². The van der Waals surface area contributed by atoms with Gasteiger partial charge in [-0.3, -0.25) is 14.9 Å². The number of benzene rings is 2. The van der Waals surface area contributed by atoms with Gasteiger partial charge in [0, 0.05) is 22.2 Å². The van der Waals surface area contributed by atoms with Crippen LogP contribution >= 0.6 is 11.6 Å². The quantitative estimate of drug-likeness (QED) is 0.354. The highest BCUT2D eigenvalue weighted by atomic mass is 35.5. The predicted molar refractivity (Wildman–Crippen MR) is 83.9 cm³/mol. The number of hydrogen-bond donors (Lipinski definition) is 0. The van der Waals surface area contributed by atoms with Crippen molar-refractivity contribution in [3.63, 3.8) is 0 Å². The summed E-state index contributed by atoms with van der Waals surface area (Å²) in [5.74, 6) is -2.53. The largest absolute Gasteiger partial charge is 0.454 e. The SMILES string of the molecule is Cc1ccc(C(=O)COC(=O)c2cc(Cl)ccc2F)cc1[N+](=O)[O-]. The molecular formula is C16H11ClFNO5. The van der Waals surface area contributed by atoms with E-state index in [1.807, 2.05) is 0 Å². The van der Waals surface area contributed by atoms with Gasteiger partial charge in [-0.15, -0.1) is 0 Å². The van der Waals surface area contributed by atoms with Crippen LogP contribution in [0.3, 0.4) is 0 Å². The number of nitro groups is 1. The summed E-state index contributed by atoms with van der Waals surface area (Å²) in [6.07, 6.45) is 0. The Labute approximate surface area is 141 Å². The maximum atomic E-state index is 13.5. The number of carbonyl (C=O) groups is 2. The number of rotatable bonds is 5. The maximum Gasteiger partial charge on any atom is 0.341 e. The van der Waals surface area contributed by atoms with Gasteiger partial charge in [-0.25, -0.2) is 9.18 Å². The second-order valence-electron chi connectivity index (χ2n) is 4.88. The summed E-state index contributed by atoms with van der Waals surface area (Å²) in [5.41, 5.74) is -0.195. The minimum atomic E-state index is -1.05. The molecule has 0 aliphatic carbocycles. The fourth-order valence-corrected chi connectivity index (χ4v) is 2.10. The van der Waals surface area contributed by atoms with Gasteiger partial charge < -0.3 is 4.74 Å². The minimum absolute atomic E-state index is 0.0201. The summed E-state index contributed by atoms with van der Waals surface area (Å²) in [5, 5.41) is 11.0. The fourth-order valence-electron chi connectivity index (χ4n) is 1.93. The van der Waals surface area contributed by atoms with Crippen LogP contribution in [-0.2, 0) is 4.74 Å². The molecule has 2 aromatic rings. The van der Waals surface area contributed by atoms with Crippen molar-refractivity contribution < 1.29 is 23.6 Å². The Morgan fingerprint density at radius 1 is 1.25 bits per heavy atom. The van der Waals surface area contributed by atoms with E-state index in [0.717, 1.165) is 18.2 Å². The Balaban J connectivity index is 2.10. The highest BCUT2D eigenvalue weighted by Gasteiger charge is 2.18. The molecule has 0 heterocycles. The van der Waals surface area contributed by atoms with E-state index in [0.29, 0.717) is 5.56 Å². The molecule has 0 radical (unpaired) electrons. The smallest absolute Gasteiger partial charge is 0.341 e. The Bertz CT molecular complexity index is 837. The normalized spacial score (nSPS) is 10.3. The fraction of sp³-hybridized carbons (Fsp3) is 0.125. The Morgan fingerprint density at radius 2 is 1.96 bits per heavy atom. The number of hydrogen-bond acceptors (Lipinski definition) is 5. The van der Waals surface area contributed by atoms with E-state index < -0.39 is 34.7 Å². The first-order valence-corrected chi connectivity index (χ1v) is 7.08. The lowest BCUT2D eigenvalue weighted by Gasteiger charge is -2.06. The van der Waals surface area contributed by atoms with Crippen LogP contribution in [-0.4, -0.2) is 23.3 Å². The van der Waals surface area contributed by atoms with Crippen molar-refractivity contribution in [2.24, 2.45) is 0 Å². The molecule has 0 unspecified atom stereocenters. The number of ether oxygens (including phenoxy) is 1. The molecule has 0 saturated carbocycles. The van der Waals surface area contributed by atoms with Gasteiger partial charge in [0.1, 0.15) is 5.82 Å². The summed E-state index contributed by atoms with van der Waals surface area (Å²) in [6.45, 7) is 0.860. The van der Waals surface area contributed by atoms with Crippen LogP contribution in [0, 0.1) is 22.9 Å². The van der Waals surface area contributed by atoms with E-state index in [-0.39, 0.29) is 16.3 Å². The summed E-state index contributed by atoms with van der Waals surface area (Å²) in [7, 11) is 0. The average Bonchev–Trinajstić information content (AvgIpc) is 2.54. The monoisotopic (exact) mass is 351 g/mol. The molecule has 6 nitrogen and oxygen atoms in total. The molecule has 0 aliphatic heterocycles. The Hall–Kier alpha value is -2.80. The average molecular weight is 352 g/mol. The molecule has 124 valence electrons. The van der Waals surface area contributed by atoms with Gasteiger partial charge >= 0.3 is 5.97 Å². The first-order chi connectivity index (χ1) is 11.3. The summed E-state index contributed by atoms with van der Waals surface area (Å²) in [6, 6.07) is 7.27. The van der Waals surface area contributed by atoms with Gasteiger partial charge in [0.25, 0.3) is 5.69 Å². The standard InChI is InChI=1S/C16H11ClFNO5/c1-9-2-3-10(6-14(9)19(22)23)15(20)8-24-16(21)12-7-11(17)4-5-13(12)18/h2-7H,8H2,1H3. The van der Waals surface area contributed by atoms with Crippen LogP contribution < -0.4 is 0 Å². The Kier molecular flexibility index (Phi) is 5.25. The Morgan fingerprint density at radius 3 is 2.62 bits per heavy atom. The van der Waals surface area contributed by atoms with Crippen LogP contribution in [0.5, 0.6) is 0 Å². The zero-order chi connectivity index (χ0) is 17.9.